The zero-order valence-corrected chi connectivity index (χ0v) is 17.7. The molecular formula is C21H22N4O4S. The molecule has 0 spiro atoms. The van der Waals surface area contributed by atoms with E-state index in [9.17, 15) is 18.5 Å². The Morgan fingerprint density at radius 2 is 1.77 bits per heavy atom. The van der Waals surface area contributed by atoms with Crippen LogP contribution < -0.4 is 9.62 Å². The fourth-order valence-corrected chi connectivity index (χ4v) is 4.27. The summed E-state index contributed by atoms with van der Waals surface area (Å²) < 4.78 is 28.2. The molecule has 30 heavy (non-hydrogen) atoms. The van der Waals surface area contributed by atoms with E-state index in [0.29, 0.717) is 17.9 Å². The van der Waals surface area contributed by atoms with Gasteiger partial charge in [0.1, 0.15) is 5.69 Å². The summed E-state index contributed by atoms with van der Waals surface area (Å²) in [6.45, 7) is 4.12. The summed E-state index contributed by atoms with van der Waals surface area (Å²) >= 11 is 0. The Kier molecular flexibility index (Phi) is 6.02. The lowest BCUT2D eigenvalue weighted by Gasteiger charge is -2.20. The van der Waals surface area contributed by atoms with Crippen molar-refractivity contribution in [2.24, 2.45) is 0 Å². The van der Waals surface area contributed by atoms with Gasteiger partial charge in [-0.2, -0.15) is 0 Å². The zero-order valence-electron chi connectivity index (χ0n) is 16.9. The summed E-state index contributed by atoms with van der Waals surface area (Å²) in [6, 6.07) is 12.9. The number of sulfonamides is 1. The summed E-state index contributed by atoms with van der Waals surface area (Å²) in [5, 5.41) is 11.7. The molecule has 3 rings (SSSR count). The standard InChI is InChI=1S/C21H22N4O4S/c1-15-4-6-19(16(2)12-15)23-30(28,29)18-5-7-20(21(13-18)25(26)27)24(3)14-17-8-10-22-11-9-17/h4-13,23H,14H2,1-3H3. The van der Waals surface area contributed by atoms with Crippen LogP contribution >= 0.6 is 0 Å². The number of nitrogens with zero attached hydrogens (tertiary/aromatic N) is 3. The van der Waals surface area contributed by atoms with Crippen molar-refractivity contribution < 1.29 is 13.3 Å². The van der Waals surface area contributed by atoms with Gasteiger partial charge < -0.3 is 4.90 Å². The van der Waals surface area contributed by atoms with Crippen molar-refractivity contribution in [1.82, 2.24) is 4.98 Å². The van der Waals surface area contributed by atoms with Crippen molar-refractivity contribution in [1.29, 1.82) is 0 Å². The van der Waals surface area contributed by atoms with Crippen molar-refractivity contribution in [3.8, 4) is 0 Å². The van der Waals surface area contributed by atoms with Crippen molar-refractivity contribution in [3.63, 3.8) is 0 Å². The third-order valence-electron chi connectivity index (χ3n) is 4.66. The van der Waals surface area contributed by atoms with Crippen molar-refractivity contribution >= 4 is 27.1 Å². The topological polar surface area (TPSA) is 105 Å². The average Bonchev–Trinajstić information content (AvgIpc) is 2.70. The number of nitro benzene ring substituents is 1. The molecule has 0 aliphatic carbocycles. The Morgan fingerprint density at radius 3 is 2.40 bits per heavy atom. The Balaban J connectivity index is 1.93. The Morgan fingerprint density at radius 1 is 1.07 bits per heavy atom. The van der Waals surface area contributed by atoms with E-state index in [0.717, 1.165) is 22.8 Å². The van der Waals surface area contributed by atoms with Crippen LogP contribution in [0.15, 0.2) is 65.8 Å². The number of nitrogens with one attached hydrogen (secondary N) is 1. The first-order chi connectivity index (χ1) is 14.2. The maximum absolute atomic E-state index is 12.8. The predicted octanol–water partition coefficient (Wildman–Crippen LogP) is 4.04. The van der Waals surface area contributed by atoms with E-state index in [-0.39, 0.29) is 10.6 Å². The average molecular weight is 426 g/mol. The monoisotopic (exact) mass is 426 g/mol. The Bertz CT molecular complexity index is 1180. The SMILES string of the molecule is Cc1ccc(NS(=O)(=O)c2ccc(N(C)Cc3ccncc3)c([N+](=O)[O-])c2)c(C)c1. The van der Waals surface area contributed by atoms with Crippen molar-refractivity contribution in [3.05, 3.63) is 87.7 Å². The molecule has 0 fully saturated rings. The number of benzene rings is 2. The summed E-state index contributed by atoms with van der Waals surface area (Å²) in [7, 11) is -2.27. The first kappa shape index (κ1) is 21.3. The molecule has 0 saturated carbocycles. The number of hydrogen-bond donors (Lipinski definition) is 1. The molecule has 2 aromatic carbocycles. The molecule has 0 amide bonds. The highest BCUT2D eigenvalue weighted by molar-refractivity contribution is 7.92. The zero-order chi connectivity index (χ0) is 21.9. The molecule has 0 radical (unpaired) electrons. The van der Waals surface area contributed by atoms with Crippen LogP contribution in [0.3, 0.4) is 0 Å². The van der Waals surface area contributed by atoms with Gasteiger partial charge in [0.25, 0.3) is 15.7 Å². The number of hydrogen-bond acceptors (Lipinski definition) is 6. The third-order valence-corrected chi connectivity index (χ3v) is 6.02. The van der Waals surface area contributed by atoms with E-state index >= 15 is 0 Å². The first-order valence-electron chi connectivity index (χ1n) is 9.16. The molecule has 0 atom stereocenters. The minimum absolute atomic E-state index is 0.171. The first-order valence-corrected chi connectivity index (χ1v) is 10.6. The molecule has 1 heterocycles. The molecule has 0 aliphatic heterocycles. The smallest absolute Gasteiger partial charge is 0.293 e. The minimum atomic E-state index is -3.99. The lowest BCUT2D eigenvalue weighted by Crippen LogP contribution is -2.19. The van der Waals surface area contributed by atoms with Crippen LogP contribution in [-0.2, 0) is 16.6 Å². The number of rotatable bonds is 7. The molecule has 0 unspecified atom stereocenters. The number of nitro groups is 1. The maximum Gasteiger partial charge on any atom is 0.293 e. The largest absolute Gasteiger partial charge is 0.365 e. The van der Waals surface area contributed by atoms with Crippen LogP contribution in [0, 0.1) is 24.0 Å². The Labute approximate surface area is 175 Å². The highest BCUT2D eigenvalue weighted by Gasteiger charge is 2.24. The number of aryl methyl sites for hydroxylation is 2. The minimum Gasteiger partial charge on any atom is -0.365 e. The normalized spacial score (nSPS) is 11.2. The number of pyridine rings is 1. The maximum atomic E-state index is 12.8. The van der Waals surface area contributed by atoms with E-state index < -0.39 is 14.9 Å². The molecule has 0 bridgehead atoms. The number of anilines is 2. The molecule has 156 valence electrons. The summed E-state index contributed by atoms with van der Waals surface area (Å²) in [5.41, 5.74) is 3.17. The summed E-state index contributed by atoms with van der Waals surface area (Å²) in [5.74, 6) is 0. The van der Waals surface area contributed by atoms with Gasteiger partial charge in [-0.1, -0.05) is 17.7 Å². The van der Waals surface area contributed by atoms with Gasteiger partial charge >= 0.3 is 0 Å². The van der Waals surface area contributed by atoms with Crippen LogP contribution in [0.2, 0.25) is 0 Å². The summed E-state index contributed by atoms with van der Waals surface area (Å²) in [6.07, 6.45) is 3.29. The molecule has 8 nitrogen and oxygen atoms in total. The van der Waals surface area contributed by atoms with Crippen molar-refractivity contribution in [2.45, 2.75) is 25.3 Å². The fraction of sp³-hybridized carbons (Fsp3) is 0.190. The highest BCUT2D eigenvalue weighted by atomic mass is 32.2. The van der Waals surface area contributed by atoms with Crippen molar-refractivity contribution in [2.75, 3.05) is 16.7 Å². The molecule has 0 aliphatic rings. The predicted molar refractivity (Wildman–Crippen MR) is 116 cm³/mol. The van der Waals surface area contributed by atoms with Gasteiger partial charge in [-0.3, -0.25) is 19.8 Å². The van der Waals surface area contributed by atoms with Gasteiger partial charge in [0.05, 0.1) is 15.5 Å². The van der Waals surface area contributed by atoms with E-state index in [1.807, 2.05) is 25.1 Å². The quantitative estimate of drug-likeness (QED) is 0.451. The lowest BCUT2D eigenvalue weighted by molar-refractivity contribution is -0.384. The van der Waals surface area contributed by atoms with E-state index in [4.69, 9.17) is 0 Å². The third kappa shape index (κ3) is 4.74. The van der Waals surface area contributed by atoms with Gasteiger partial charge in [0.2, 0.25) is 0 Å². The molecule has 1 aromatic heterocycles. The van der Waals surface area contributed by atoms with Crippen LogP contribution in [0.4, 0.5) is 17.1 Å². The molecular weight excluding hydrogens is 404 g/mol. The second kappa shape index (κ2) is 8.50. The van der Waals surface area contributed by atoms with Gasteiger partial charge in [0, 0.05) is 32.1 Å². The van der Waals surface area contributed by atoms with Crippen LogP contribution in [0.5, 0.6) is 0 Å². The second-order valence-corrected chi connectivity index (χ2v) is 8.73. The lowest BCUT2D eigenvalue weighted by atomic mass is 10.1. The van der Waals surface area contributed by atoms with Gasteiger partial charge in [-0.25, -0.2) is 8.42 Å². The highest BCUT2D eigenvalue weighted by Crippen LogP contribution is 2.32. The Hall–Kier alpha value is -3.46. The van der Waals surface area contributed by atoms with E-state index in [1.54, 1.807) is 43.4 Å². The van der Waals surface area contributed by atoms with E-state index in [1.165, 1.54) is 12.1 Å². The van der Waals surface area contributed by atoms with Gasteiger partial charge in [0.15, 0.2) is 0 Å². The summed E-state index contributed by atoms with van der Waals surface area (Å²) in [4.78, 5) is 16.6. The molecule has 3 aromatic rings. The molecule has 0 saturated heterocycles. The molecule has 9 heteroatoms. The molecule has 1 N–H and O–H groups in total. The van der Waals surface area contributed by atoms with Crippen LogP contribution in [0.1, 0.15) is 16.7 Å². The van der Waals surface area contributed by atoms with Crippen LogP contribution in [-0.4, -0.2) is 25.4 Å². The van der Waals surface area contributed by atoms with E-state index in [2.05, 4.69) is 9.71 Å². The van der Waals surface area contributed by atoms with Crippen LogP contribution in [0.25, 0.3) is 0 Å². The van der Waals surface area contributed by atoms with Gasteiger partial charge in [-0.15, -0.1) is 0 Å². The number of aromatic nitrogens is 1. The fourth-order valence-electron chi connectivity index (χ4n) is 3.12. The van der Waals surface area contributed by atoms with Gasteiger partial charge in [-0.05, 0) is 55.3 Å². The second-order valence-electron chi connectivity index (χ2n) is 7.04.